The van der Waals surface area contributed by atoms with Crippen molar-refractivity contribution in [2.45, 2.75) is 6.54 Å². The number of carboxylic acid groups (broad SMARTS) is 1. The van der Waals surface area contributed by atoms with E-state index >= 15 is 0 Å². The van der Waals surface area contributed by atoms with Crippen molar-refractivity contribution in [3.8, 4) is 0 Å². The summed E-state index contributed by atoms with van der Waals surface area (Å²) in [5.41, 5.74) is 1.49. The Morgan fingerprint density at radius 1 is 1.33 bits per heavy atom. The number of aliphatic carboxylic acids is 1. The molecule has 4 nitrogen and oxygen atoms in total. The van der Waals surface area contributed by atoms with Crippen molar-refractivity contribution in [1.82, 2.24) is 5.32 Å². The lowest BCUT2D eigenvalue weighted by molar-refractivity contribution is -0.131. The monoisotopic (exact) mass is 321 g/mol. The first kappa shape index (κ1) is 15.3. The summed E-state index contributed by atoms with van der Waals surface area (Å²) in [5, 5.41) is 13.8. The highest BCUT2D eigenvalue weighted by Gasteiger charge is 2.11. The van der Waals surface area contributed by atoms with Gasteiger partial charge in [-0.15, -0.1) is 11.3 Å². The molecule has 1 heterocycles. The molecule has 0 bridgehead atoms. The lowest BCUT2D eigenvalue weighted by atomic mass is 10.2. The summed E-state index contributed by atoms with van der Waals surface area (Å²) >= 11 is 7.15. The van der Waals surface area contributed by atoms with Gasteiger partial charge >= 0.3 is 5.97 Å². The minimum atomic E-state index is -1.05. The third-order valence-electron chi connectivity index (χ3n) is 2.65. The number of amides is 1. The van der Waals surface area contributed by atoms with Gasteiger partial charge in [-0.05, 0) is 40.8 Å². The van der Waals surface area contributed by atoms with Crippen molar-refractivity contribution in [2.75, 3.05) is 0 Å². The molecule has 21 heavy (non-hydrogen) atoms. The Kier molecular flexibility index (Phi) is 5.14. The number of carbonyl (C=O) groups excluding carboxylic acids is 1. The maximum atomic E-state index is 12.1. The molecule has 1 aromatic heterocycles. The van der Waals surface area contributed by atoms with Gasteiger partial charge in [0.25, 0.3) is 5.91 Å². The van der Waals surface area contributed by atoms with Crippen molar-refractivity contribution in [2.24, 2.45) is 0 Å². The van der Waals surface area contributed by atoms with Gasteiger partial charge in [-0.25, -0.2) is 4.79 Å². The number of carboxylic acids is 1. The van der Waals surface area contributed by atoms with E-state index in [2.05, 4.69) is 5.32 Å². The number of thiophene rings is 1. The topological polar surface area (TPSA) is 66.4 Å². The van der Waals surface area contributed by atoms with E-state index < -0.39 is 5.97 Å². The third-order valence-corrected chi connectivity index (χ3v) is 3.81. The van der Waals surface area contributed by atoms with Crippen LogP contribution in [0.15, 0.2) is 41.8 Å². The van der Waals surface area contributed by atoms with Crippen LogP contribution in [-0.2, 0) is 11.3 Å². The summed E-state index contributed by atoms with van der Waals surface area (Å²) in [4.78, 5) is 23.1. The maximum absolute atomic E-state index is 12.1. The highest BCUT2D eigenvalue weighted by Crippen LogP contribution is 2.18. The smallest absolute Gasteiger partial charge is 0.328 e. The van der Waals surface area contributed by atoms with Gasteiger partial charge in [0.2, 0.25) is 0 Å². The largest absolute Gasteiger partial charge is 0.478 e. The van der Waals surface area contributed by atoms with E-state index in [0.29, 0.717) is 22.0 Å². The first-order chi connectivity index (χ1) is 10.1. The molecule has 108 valence electrons. The normalized spacial score (nSPS) is 10.7. The third kappa shape index (κ3) is 4.44. The van der Waals surface area contributed by atoms with Crippen LogP contribution in [-0.4, -0.2) is 17.0 Å². The van der Waals surface area contributed by atoms with Gasteiger partial charge in [0, 0.05) is 17.6 Å². The molecular weight excluding hydrogens is 310 g/mol. The van der Waals surface area contributed by atoms with Gasteiger partial charge in [-0.1, -0.05) is 23.7 Å². The van der Waals surface area contributed by atoms with E-state index in [4.69, 9.17) is 16.7 Å². The van der Waals surface area contributed by atoms with Crippen LogP contribution in [0.4, 0.5) is 0 Å². The van der Waals surface area contributed by atoms with Crippen molar-refractivity contribution < 1.29 is 14.7 Å². The van der Waals surface area contributed by atoms with Gasteiger partial charge in [0.1, 0.15) is 0 Å². The van der Waals surface area contributed by atoms with Crippen LogP contribution in [0.2, 0.25) is 5.02 Å². The summed E-state index contributed by atoms with van der Waals surface area (Å²) in [6.07, 6.45) is 2.42. The molecule has 0 atom stereocenters. The lowest BCUT2D eigenvalue weighted by Crippen LogP contribution is -2.22. The molecule has 0 aliphatic heterocycles. The van der Waals surface area contributed by atoms with Crippen LogP contribution in [0.5, 0.6) is 0 Å². The lowest BCUT2D eigenvalue weighted by Gasteiger charge is -2.05. The molecule has 1 aromatic carbocycles. The second-order valence-electron chi connectivity index (χ2n) is 4.19. The second kappa shape index (κ2) is 7.06. The fourth-order valence-electron chi connectivity index (χ4n) is 1.71. The molecular formula is C15H12ClNO3S. The fraction of sp³-hybridized carbons (Fsp3) is 0.0667. The van der Waals surface area contributed by atoms with Crippen LogP contribution < -0.4 is 5.32 Å². The predicted octanol–water partition coefficient (Wildman–Crippen LogP) is 3.43. The SMILES string of the molecule is O=C(O)C=Cc1ccsc1C(=O)NCc1cccc(Cl)c1. The molecule has 0 spiro atoms. The molecule has 1 amide bonds. The zero-order chi connectivity index (χ0) is 15.2. The van der Waals surface area contributed by atoms with E-state index in [9.17, 15) is 9.59 Å². The van der Waals surface area contributed by atoms with Crippen LogP contribution >= 0.6 is 22.9 Å². The molecule has 0 fully saturated rings. The molecule has 2 rings (SSSR count). The number of hydrogen-bond acceptors (Lipinski definition) is 3. The van der Waals surface area contributed by atoms with Crippen LogP contribution in [0.25, 0.3) is 6.08 Å². The summed E-state index contributed by atoms with van der Waals surface area (Å²) < 4.78 is 0. The van der Waals surface area contributed by atoms with Gasteiger partial charge in [-0.2, -0.15) is 0 Å². The summed E-state index contributed by atoms with van der Waals surface area (Å²) in [5.74, 6) is -1.29. The standard InChI is InChI=1S/C15H12ClNO3S/c16-12-3-1-2-10(8-12)9-17-15(20)14-11(6-7-21-14)4-5-13(18)19/h1-8H,9H2,(H,17,20)(H,18,19). The average molecular weight is 322 g/mol. The Balaban J connectivity index is 2.04. The Labute approximate surface area is 130 Å². The number of halogens is 1. The Hall–Kier alpha value is -2.11. The van der Waals surface area contributed by atoms with E-state index in [-0.39, 0.29) is 5.91 Å². The number of hydrogen-bond donors (Lipinski definition) is 2. The van der Waals surface area contributed by atoms with Crippen molar-refractivity contribution in [3.05, 3.63) is 62.8 Å². The van der Waals surface area contributed by atoms with Crippen LogP contribution in [0, 0.1) is 0 Å². The molecule has 6 heteroatoms. The van der Waals surface area contributed by atoms with E-state index in [1.807, 2.05) is 12.1 Å². The first-order valence-corrected chi connectivity index (χ1v) is 7.33. The van der Waals surface area contributed by atoms with Gasteiger partial charge in [0.15, 0.2) is 0 Å². The zero-order valence-corrected chi connectivity index (χ0v) is 12.4. The predicted molar refractivity (Wildman–Crippen MR) is 83.6 cm³/mol. The molecule has 0 saturated heterocycles. The highest BCUT2D eigenvalue weighted by molar-refractivity contribution is 7.12. The molecule has 0 aliphatic carbocycles. The van der Waals surface area contributed by atoms with E-state index in [1.54, 1.807) is 23.6 Å². The molecule has 2 N–H and O–H groups in total. The van der Waals surface area contributed by atoms with Gasteiger partial charge < -0.3 is 10.4 Å². The highest BCUT2D eigenvalue weighted by atomic mass is 35.5. The Morgan fingerprint density at radius 3 is 2.86 bits per heavy atom. The average Bonchev–Trinajstić information content (AvgIpc) is 2.91. The summed E-state index contributed by atoms with van der Waals surface area (Å²) in [7, 11) is 0. The summed E-state index contributed by atoms with van der Waals surface area (Å²) in [6, 6.07) is 8.93. The van der Waals surface area contributed by atoms with Crippen molar-refractivity contribution in [1.29, 1.82) is 0 Å². The molecule has 2 aromatic rings. The van der Waals surface area contributed by atoms with E-state index in [0.717, 1.165) is 11.6 Å². The fourth-order valence-corrected chi connectivity index (χ4v) is 2.72. The number of rotatable bonds is 5. The van der Waals surface area contributed by atoms with Crippen LogP contribution in [0.3, 0.4) is 0 Å². The molecule has 0 radical (unpaired) electrons. The number of carbonyl (C=O) groups is 2. The number of nitrogens with one attached hydrogen (secondary N) is 1. The molecule has 0 aliphatic rings. The minimum Gasteiger partial charge on any atom is -0.478 e. The zero-order valence-electron chi connectivity index (χ0n) is 10.9. The van der Waals surface area contributed by atoms with Gasteiger partial charge in [-0.3, -0.25) is 4.79 Å². The van der Waals surface area contributed by atoms with Crippen molar-refractivity contribution >= 4 is 40.9 Å². The number of benzene rings is 1. The Morgan fingerprint density at radius 2 is 2.14 bits per heavy atom. The van der Waals surface area contributed by atoms with E-state index in [1.165, 1.54) is 17.4 Å². The molecule has 0 saturated carbocycles. The van der Waals surface area contributed by atoms with Crippen molar-refractivity contribution in [3.63, 3.8) is 0 Å². The van der Waals surface area contributed by atoms with Crippen LogP contribution in [0.1, 0.15) is 20.8 Å². The second-order valence-corrected chi connectivity index (χ2v) is 5.54. The Bertz CT molecular complexity index is 694. The first-order valence-electron chi connectivity index (χ1n) is 6.07. The quantitative estimate of drug-likeness (QED) is 0.829. The summed E-state index contributed by atoms with van der Waals surface area (Å²) in [6.45, 7) is 0.360. The minimum absolute atomic E-state index is 0.241. The maximum Gasteiger partial charge on any atom is 0.328 e. The molecule has 0 unspecified atom stereocenters. The van der Waals surface area contributed by atoms with Gasteiger partial charge in [0.05, 0.1) is 4.88 Å².